The molecular weight excluding hydrogens is 432 g/mol. The molecule has 3 aromatic rings. The fourth-order valence-corrected chi connectivity index (χ4v) is 6.73. The number of halogens is 1. The molecule has 0 unspecified atom stereocenters. The van der Waals surface area contributed by atoms with Gasteiger partial charge in [0.2, 0.25) is 10.0 Å². The monoisotopic (exact) mass is 458 g/mol. The van der Waals surface area contributed by atoms with Gasteiger partial charge in [0, 0.05) is 34.1 Å². The van der Waals surface area contributed by atoms with Crippen LogP contribution in [0.2, 0.25) is 5.02 Å². The summed E-state index contributed by atoms with van der Waals surface area (Å²) in [6.45, 7) is 5.79. The number of nitrogens with zero attached hydrogens (tertiary/aromatic N) is 1. The average Bonchev–Trinajstić information content (AvgIpc) is 3.22. The van der Waals surface area contributed by atoms with E-state index in [1.807, 2.05) is 26.0 Å². The van der Waals surface area contributed by atoms with Gasteiger partial charge in [-0.25, -0.2) is 8.42 Å². The molecule has 1 fully saturated rings. The summed E-state index contributed by atoms with van der Waals surface area (Å²) in [5.74, 6) is 0. The molecule has 164 valence electrons. The van der Waals surface area contributed by atoms with Gasteiger partial charge in [-0.2, -0.15) is 4.31 Å². The highest BCUT2D eigenvalue weighted by atomic mass is 35.5. The summed E-state index contributed by atoms with van der Waals surface area (Å²) in [6, 6.07) is 10.6. The maximum atomic E-state index is 13.7. The van der Waals surface area contributed by atoms with Gasteiger partial charge in [-0.3, -0.25) is 4.79 Å². The van der Waals surface area contributed by atoms with Gasteiger partial charge < -0.3 is 4.98 Å². The molecule has 0 radical (unpaired) electrons. The number of hydrogen-bond acceptors (Lipinski definition) is 3. The van der Waals surface area contributed by atoms with Crippen LogP contribution < -0.4 is 5.56 Å². The molecule has 1 saturated carbocycles. The number of aromatic amines is 1. The molecule has 31 heavy (non-hydrogen) atoms. The molecular formula is C24H27ClN2O3S. The lowest BCUT2D eigenvalue weighted by molar-refractivity contribution is 0.315. The van der Waals surface area contributed by atoms with Crippen LogP contribution in [0.3, 0.4) is 0 Å². The number of aryl methyl sites for hydroxylation is 3. The number of fused-ring (bicyclic) bond motifs is 1. The Morgan fingerprint density at radius 2 is 1.74 bits per heavy atom. The van der Waals surface area contributed by atoms with Gasteiger partial charge >= 0.3 is 0 Å². The number of H-pyrrole nitrogens is 1. The largest absolute Gasteiger partial charge is 0.322 e. The van der Waals surface area contributed by atoms with Crippen molar-refractivity contribution in [2.24, 2.45) is 0 Å². The van der Waals surface area contributed by atoms with Crippen LogP contribution in [0.1, 0.15) is 47.9 Å². The van der Waals surface area contributed by atoms with Crippen LogP contribution in [0.15, 0.2) is 46.1 Å². The van der Waals surface area contributed by atoms with E-state index in [9.17, 15) is 13.2 Å². The third-order valence-electron chi connectivity index (χ3n) is 6.18. The van der Waals surface area contributed by atoms with Crippen molar-refractivity contribution in [2.45, 2.75) is 63.9 Å². The maximum absolute atomic E-state index is 13.7. The number of pyridine rings is 1. The lowest BCUT2D eigenvalue weighted by Crippen LogP contribution is -2.40. The Morgan fingerprint density at radius 1 is 1.03 bits per heavy atom. The predicted octanol–water partition coefficient (Wildman–Crippen LogP) is 5.24. The van der Waals surface area contributed by atoms with E-state index in [0.717, 1.165) is 47.7 Å². The van der Waals surface area contributed by atoms with E-state index < -0.39 is 10.0 Å². The molecule has 0 bridgehead atoms. The average molecular weight is 459 g/mol. The van der Waals surface area contributed by atoms with E-state index in [-0.39, 0.29) is 23.0 Å². The highest BCUT2D eigenvalue weighted by molar-refractivity contribution is 7.89. The van der Waals surface area contributed by atoms with Crippen LogP contribution in [-0.2, 0) is 16.6 Å². The van der Waals surface area contributed by atoms with Gasteiger partial charge in [0.05, 0.1) is 4.90 Å². The fourth-order valence-electron chi connectivity index (χ4n) is 4.58. The number of nitrogens with one attached hydrogen (secondary N) is 1. The zero-order chi connectivity index (χ0) is 22.3. The molecule has 0 aliphatic heterocycles. The van der Waals surface area contributed by atoms with Gasteiger partial charge in [-0.1, -0.05) is 36.6 Å². The molecule has 1 aliphatic carbocycles. The molecule has 0 saturated heterocycles. The minimum Gasteiger partial charge on any atom is -0.322 e. The summed E-state index contributed by atoms with van der Waals surface area (Å²) in [7, 11) is -3.83. The summed E-state index contributed by atoms with van der Waals surface area (Å²) >= 11 is 6.13. The topological polar surface area (TPSA) is 70.2 Å². The molecule has 1 aromatic heterocycles. The van der Waals surface area contributed by atoms with Crippen molar-refractivity contribution in [1.29, 1.82) is 0 Å². The Kier molecular flexibility index (Phi) is 5.99. The van der Waals surface area contributed by atoms with Crippen molar-refractivity contribution in [1.82, 2.24) is 9.29 Å². The molecule has 1 N–H and O–H groups in total. The molecule has 0 amide bonds. The molecule has 2 aromatic carbocycles. The van der Waals surface area contributed by atoms with Crippen LogP contribution in [0.5, 0.6) is 0 Å². The van der Waals surface area contributed by atoms with Gasteiger partial charge in [0.15, 0.2) is 0 Å². The first-order chi connectivity index (χ1) is 14.7. The Bertz CT molecular complexity index is 1310. The third kappa shape index (κ3) is 4.29. The summed E-state index contributed by atoms with van der Waals surface area (Å²) in [4.78, 5) is 16.0. The van der Waals surface area contributed by atoms with E-state index in [0.29, 0.717) is 16.1 Å². The quantitative estimate of drug-likeness (QED) is 0.568. The van der Waals surface area contributed by atoms with Crippen molar-refractivity contribution in [3.05, 3.63) is 74.0 Å². The van der Waals surface area contributed by atoms with Gasteiger partial charge in [0.1, 0.15) is 0 Å². The molecule has 7 heteroatoms. The number of hydrogen-bond donors (Lipinski definition) is 1. The first-order valence-electron chi connectivity index (χ1n) is 10.6. The van der Waals surface area contributed by atoms with E-state index in [1.165, 1.54) is 10.4 Å². The number of rotatable bonds is 5. The number of sulfonamides is 1. The normalized spacial score (nSPS) is 15.3. The number of benzene rings is 2. The molecule has 0 atom stereocenters. The zero-order valence-electron chi connectivity index (χ0n) is 18.0. The van der Waals surface area contributed by atoms with Crippen LogP contribution in [0.4, 0.5) is 0 Å². The summed E-state index contributed by atoms with van der Waals surface area (Å²) in [5, 5.41) is 1.31. The Hall–Kier alpha value is -2.15. The fraction of sp³-hybridized carbons (Fsp3) is 0.375. The highest BCUT2D eigenvalue weighted by Gasteiger charge is 2.35. The summed E-state index contributed by atoms with van der Waals surface area (Å²) in [5.41, 5.74) is 3.74. The summed E-state index contributed by atoms with van der Waals surface area (Å²) < 4.78 is 29.0. The molecule has 1 heterocycles. The molecule has 4 rings (SSSR count). The lowest BCUT2D eigenvalue weighted by atomic mass is 10.0. The van der Waals surface area contributed by atoms with Crippen molar-refractivity contribution in [3.8, 4) is 0 Å². The van der Waals surface area contributed by atoms with Crippen molar-refractivity contribution >= 4 is 32.5 Å². The molecule has 5 nitrogen and oxygen atoms in total. The lowest BCUT2D eigenvalue weighted by Gasteiger charge is -2.28. The standard InChI is InChI=1S/C24H27ClN2O3S/c1-15-10-17(3)21-12-18(24(28)26-22(21)11-15)14-27(20-6-4-5-7-20)31(29,30)23-13-19(25)9-8-16(23)2/h8-13,20H,4-7,14H2,1-3H3,(H,26,28). The highest BCUT2D eigenvalue weighted by Crippen LogP contribution is 2.32. The van der Waals surface area contributed by atoms with Crippen molar-refractivity contribution in [3.63, 3.8) is 0 Å². The van der Waals surface area contributed by atoms with Gasteiger partial charge in [-0.05, 0) is 74.6 Å². The second kappa shape index (κ2) is 8.41. The first kappa shape index (κ1) is 22.1. The summed E-state index contributed by atoms with van der Waals surface area (Å²) in [6.07, 6.45) is 3.56. The number of aromatic nitrogens is 1. The van der Waals surface area contributed by atoms with Crippen LogP contribution in [-0.4, -0.2) is 23.7 Å². The second-order valence-electron chi connectivity index (χ2n) is 8.57. The van der Waals surface area contributed by atoms with E-state index in [2.05, 4.69) is 11.1 Å². The first-order valence-corrected chi connectivity index (χ1v) is 12.4. The van der Waals surface area contributed by atoms with Crippen molar-refractivity contribution < 1.29 is 8.42 Å². The van der Waals surface area contributed by atoms with E-state index in [1.54, 1.807) is 19.1 Å². The minimum atomic E-state index is -3.83. The second-order valence-corrected chi connectivity index (χ2v) is 10.9. The van der Waals surface area contributed by atoms with Crippen LogP contribution in [0, 0.1) is 20.8 Å². The Labute approximate surface area is 188 Å². The molecule has 1 aliphatic rings. The van der Waals surface area contributed by atoms with Crippen molar-refractivity contribution in [2.75, 3.05) is 0 Å². The van der Waals surface area contributed by atoms with E-state index in [4.69, 9.17) is 11.6 Å². The zero-order valence-corrected chi connectivity index (χ0v) is 19.6. The predicted molar refractivity (Wildman–Crippen MR) is 125 cm³/mol. The van der Waals surface area contributed by atoms with Crippen LogP contribution in [0.25, 0.3) is 10.9 Å². The van der Waals surface area contributed by atoms with E-state index >= 15 is 0 Å². The molecule has 0 spiro atoms. The van der Waals surface area contributed by atoms with Gasteiger partial charge in [0.25, 0.3) is 5.56 Å². The van der Waals surface area contributed by atoms with Crippen LogP contribution >= 0.6 is 11.6 Å². The maximum Gasteiger partial charge on any atom is 0.252 e. The van der Waals surface area contributed by atoms with Gasteiger partial charge in [-0.15, -0.1) is 0 Å². The smallest absolute Gasteiger partial charge is 0.252 e. The minimum absolute atomic E-state index is 0.0392. The third-order valence-corrected chi connectivity index (χ3v) is 8.46. The SMILES string of the molecule is Cc1cc(C)c2cc(CN(C3CCCC3)S(=O)(=O)c3cc(Cl)ccc3C)c(=O)[nH]c2c1. The Morgan fingerprint density at radius 3 is 2.45 bits per heavy atom. The Balaban J connectivity index is 1.82.